The minimum Gasteiger partial charge on any atom is -0.289 e. The molecule has 0 amide bonds. The average molecular weight is 238 g/mol. The van der Waals surface area contributed by atoms with Gasteiger partial charge in [0, 0.05) is 11.1 Å². The molecule has 0 atom stereocenters. The van der Waals surface area contributed by atoms with Gasteiger partial charge in [0.2, 0.25) is 0 Å². The van der Waals surface area contributed by atoms with Crippen molar-refractivity contribution < 1.29 is 9.18 Å². The highest BCUT2D eigenvalue weighted by Crippen LogP contribution is 2.35. The van der Waals surface area contributed by atoms with E-state index in [4.69, 9.17) is 0 Å². The molecule has 2 heteroatoms. The zero-order chi connectivity index (χ0) is 12.7. The zero-order valence-corrected chi connectivity index (χ0v) is 9.74. The summed E-state index contributed by atoms with van der Waals surface area (Å²) < 4.78 is 12.7. The van der Waals surface area contributed by atoms with E-state index in [-0.39, 0.29) is 5.78 Å². The molecule has 0 spiro atoms. The first-order chi connectivity index (χ1) is 8.72. The van der Waals surface area contributed by atoms with E-state index < -0.39 is 6.67 Å². The van der Waals surface area contributed by atoms with E-state index in [0.29, 0.717) is 16.7 Å². The number of carbonyl (C=O) groups excluding carboxylic acids is 1. The van der Waals surface area contributed by atoms with Crippen molar-refractivity contribution in [1.82, 2.24) is 0 Å². The molecule has 0 heterocycles. The molecule has 18 heavy (non-hydrogen) atoms. The molecule has 0 unspecified atom stereocenters. The van der Waals surface area contributed by atoms with Crippen LogP contribution in [0, 0.1) is 0 Å². The molecule has 1 aliphatic rings. The van der Waals surface area contributed by atoms with Gasteiger partial charge in [-0.25, -0.2) is 4.39 Å². The summed E-state index contributed by atoms with van der Waals surface area (Å²) in [5, 5.41) is 0. The molecule has 0 radical (unpaired) electrons. The Morgan fingerprint density at radius 2 is 1.61 bits per heavy atom. The molecule has 0 N–H and O–H groups in total. The maximum absolute atomic E-state index is 12.7. The Morgan fingerprint density at radius 3 is 2.33 bits per heavy atom. The van der Waals surface area contributed by atoms with E-state index in [1.54, 1.807) is 24.3 Å². The van der Waals surface area contributed by atoms with Crippen molar-refractivity contribution >= 4 is 11.4 Å². The summed E-state index contributed by atoms with van der Waals surface area (Å²) in [6, 6.07) is 12.4. The Balaban J connectivity index is 2.27. The SMILES string of the molecule is C=C1c2ccccc2C(=O)c2ccc(CF)cc21. The van der Waals surface area contributed by atoms with Gasteiger partial charge in [-0.2, -0.15) is 0 Å². The van der Waals surface area contributed by atoms with Crippen LogP contribution in [-0.2, 0) is 6.67 Å². The van der Waals surface area contributed by atoms with Crippen LogP contribution in [0.4, 0.5) is 4.39 Å². The summed E-state index contributed by atoms with van der Waals surface area (Å²) in [6.07, 6.45) is 0. The number of ketones is 1. The summed E-state index contributed by atoms with van der Waals surface area (Å²) in [4.78, 5) is 12.3. The van der Waals surface area contributed by atoms with Crippen molar-refractivity contribution in [3.63, 3.8) is 0 Å². The van der Waals surface area contributed by atoms with Crippen LogP contribution in [0.25, 0.3) is 5.57 Å². The Kier molecular flexibility index (Phi) is 2.37. The molecule has 2 aromatic rings. The largest absolute Gasteiger partial charge is 0.289 e. The maximum Gasteiger partial charge on any atom is 0.194 e. The number of alkyl halides is 1. The quantitative estimate of drug-likeness (QED) is 0.630. The van der Waals surface area contributed by atoms with Gasteiger partial charge >= 0.3 is 0 Å². The minimum atomic E-state index is -0.531. The third kappa shape index (κ3) is 1.42. The van der Waals surface area contributed by atoms with Gasteiger partial charge in [0.25, 0.3) is 0 Å². The highest BCUT2D eigenvalue weighted by atomic mass is 19.1. The van der Waals surface area contributed by atoms with Crippen LogP contribution in [-0.4, -0.2) is 5.78 Å². The van der Waals surface area contributed by atoms with Gasteiger partial charge in [0.1, 0.15) is 6.67 Å². The van der Waals surface area contributed by atoms with Crippen molar-refractivity contribution in [3.05, 3.63) is 76.9 Å². The number of hydrogen-bond donors (Lipinski definition) is 0. The van der Waals surface area contributed by atoms with Crippen LogP contribution in [0.3, 0.4) is 0 Å². The van der Waals surface area contributed by atoms with Crippen LogP contribution in [0.2, 0.25) is 0 Å². The van der Waals surface area contributed by atoms with Crippen molar-refractivity contribution in [1.29, 1.82) is 0 Å². The summed E-state index contributed by atoms with van der Waals surface area (Å²) in [5.74, 6) is -0.0154. The third-order valence-corrected chi connectivity index (χ3v) is 3.30. The number of benzene rings is 2. The number of halogens is 1. The molecule has 0 fully saturated rings. The fourth-order valence-corrected chi connectivity index (χ4v) is 2.36. The Labute approximate surface area is 105 Å². The predicted molar refractivity (Wildman–Crippen MR) is 69.3 cm³/mol. The molecule has 3 rings (SSSR count). The van der Waals surface area contributed by atoms with Crippen LogP contribution in [0.15, 0.2) is 49.0 Å². The fourth-order valence-electron chi connectivity index (χ4n) is 2.36. The van der Waals surface area contributed by atoms with Crippen LogP contribution >= 0.6 is 0 Å². The first kappa shape index (κ1) is 10.9. The van der Waals surface area contributed by atoms with E-state index in [1.807, 2.05) is 18.2 Å². The van der Waals surface area contributed by atoms with Crippen molar-refractivity contribution in [3.8, 4) is 0 Å². The van der Waals surface area contributed by atoms with Crippen molar-refractivity contribution in [2.75, 3.05) is 0 Å². The second kappa shape index (κ2) is 3.91. The number of hydrogen-bond acceptors (Lipinski definition) is 1. The van der Waals surface area contributed by atoms with Gasteiger partial charge in [-0.1, -0.05) is 43.0 Å². The summed E-state index contributed by atoms with van der Waals surface area (Å²) in [5.41, 5.74) is 4.22. The second-order valence-electron chi connectivity index (χ2n) is 4.37. The van der Waals surface area contributed by atoms with E-state index in [2.05, 4.69) is 6.58 Å². The minimum absolute atomic E-state index is 0.0154. The molecule has 0 saturated heterocycles. The molecule has 0 aromatic heterocycles. The summed E-state index contributed by atoms with van der Waals surface area (Å²) in [7, 11) is 0. The van der Waals surface area contributed by atoms with Gasteiger partial charge in [0.05, 0.1) is 0 Å². The smallest absolute Gasteiger partial charge is 0.194 e. The van der Waals surface area contributed by atoms with Gasteiger partial charge in [-0.15, -0.1) is 0 Å². The highest BCUT2D eigenvalue weighted by molar-refractivity contribution is 6.18. The highest BCUT2D eigenvalue weighted by Gasteiger charge is 2.25. The molecule has 1 aliphatic carbocycles. The molecule has 0 aliphatic heterocycles. The average Bonchev–Trinajstić information content (AvgIpc) is 2.44. The summed E-state index contributed by atoms with van der Waals surface area (Å²) >= 11 is 0. The van der Waals surface area contributed by atoms with Gasteiger partial charge < -0.3 is 0 Å². The molecular formula is C16H11FO. The van der Waals surface area contributed by atoms with Crippen LogP contribution < -0.4 is 0 Å². The van der Waals surface area contributed by atoms with Crippen LogP contribution in [0.1, 0.15) is 32.6 Å². The molecule has 1 nitrogen and oxygen atoms in total. The normalized spacial score (nSPS) is 13.2. The molecular weight excluding hydrogens is 227 g/mol. The predicted octanol–water partition coefficient (Wildman–Crippen LogP) is 3.76. The van der Waals surface area contributed by atoms with E-state index >= 15 is 0 Å². The molecule has 0 bridgehead atoms. The standard InChI is InChI=1S/C16H11FO/c1-10-12-4-2-3-5-13(12)16(18)14-7-6-11(9-17)8-15(10)14/h2-8H,1,9H2. The van der Waals surface area contributed by atoms with E-state index in [1.165, 1.54) is 0 Å². The first-order valence-corrected chi connectivity index (χ1v) is 5.74. The lowest BCUT2D eigenvalue weighted by Crippen LogP contribution is -2.14. The second-order valence-corrected chi connectivity index (χ2v) is 4.37. The van der Waals surface area contributed by atoms with Crippen LogP contribution in [0.5, 0.6) is 0 Å². The lowest BCUT2D eigenvalue weighted by Gasteiger charge is -2.21. The molecule has 0 saturated carbocycles. The van der Waals surface area contributed by atoms with Gasteiger partial charge in [-0.05, 0) is 28.3 Å². The van der Waals surface area contributed by atoms with Crippen molar-refractivity contribution in [2.45, 2.75) is 6.67 Å². The van der Waals surface area contributed by atoms with Crippen molar-refractivity contribution in [2.24, 2.45) is 0 Å². The summed E-state index contributed by atoms with van der Waals surface area (Å²) in [6.45, 7) is 3.50. The van der Waals surface area contributed by atoms with Gasteiger partial charge in [-0.3, -0.25) is 4.79 Å². The first-order valence-electron chi connectivity index (χ1n) is 5.74. The Bertz CT molecular complexity index is 671. The third-order valence-electron chi connectivity index (χ3n) is 3.30. The van der Waals surface area contributed by atoms with Gasteiger partial charge in [0.15, 0.2) is 5.78 Å². The molecule has 2 aromatic carbocycles. The monoisotopic (exact) mass is 238 g/mol. The lowest BCUT2D eigenvalue weighted by molar-refractivity contribution is 0.103. The topological polar surface area (TPSA) is 17.1 Å². The lowest BCUT2D eigenvalue weighted by atomic mass is 9.81. The number of rotatable bonds is 1. The Morgan fingerprint density at radius 1 is 0.944 bits per heavy atom. The number of carbonyl (C=O) groups is 1. The number of fused-ring (bicyclic) bond motifs is 2. The fraction of sp³-hybridized carbons (Fsp3) is 0.0625. The van der Waals surface area contributed by atoms with E-state index in [9.17, 15) is 9.18 Å². The maximum atomic E-state index is 12.7. The Hall–Kier alpha value is -2.22. The molecule has 88 valence electrons. The van der Waals surface area contributed by atoms with E-state index in [0.717, 1.165) is 16.7 Å². The zero-order valence-electron chi connectivity index (χ0n) is 9.74.